The third kappa shape index (κ3) is 3.29. The van der Waals surface area contributed by atoms with Crippen molar-refractivity contribution in [3.63, 3.8) is 0 Å². The highest BCUT2D eigenvalue weighted by atomic mass is 35.5. The lowest BCUT2D eigenvalue weighted by Crippen LogP contribution is -2.38. The lowest BCUT2D eigenvalue weighted by atomic mass is 9.77. The number of carboxylic acids is 1. The number of aromatic carboxylic acids is 1. The molecule has 5 nitrogen and oxygen atoms in total. The Kier molecular flexibility index (Phi) is 5.19. The largest absolute Gasteiger partial charge is 0.476 e. The molecule has 0 aliphatic carbocycles. The third-order valence-corrected chi connectivity index (χ3v) is 6.10. The fourth-order valence-corrected chi connectivity index (χ4v) is 4.78. The Balaban J connectivity index is 2.01. The lowest BCUT2D eigenvalue weighted by Gasteiger charge is -2.37. The quantitative estimate of drug-likeness (QED) is 0.264. The monoisotopic (exact) mass is 453 g/mol. The van der Waals surface area contributed by atoms with Gasteiger partial charge in [0.05, 0.1) is 16.6 Å². The van der Waals surface area contributed by atoms with Gasteiger partial charge in [-0.1, -0.05) is 103 Å². The van der Waals surface area contributed by atoms with Gasteiger partial charge in [0.2, 0.25) is 0 Å². The average Bonchev–Trinajstić information content (AvgIpc) is 3.17. The number of hydrogen-bond donors (Lipinski definition) is 1. The number of carbonyl (C=O) groups is 1. The van der Waals surface area contributed by atoms with E-state index in [2.05, 4.69) is 41.4 Å². The van der Waals surface area contributed by atoms with Crippen LogP contribution in [0, 0.1) is 6.92 Å². The van der Waals surface area contributed by atoms with Crippen LogP contribution in [0.4, 0.5) is 0 Å². The van der Waals surface area contributed by atoms with Crippen LogP contribution >= 0.6 is 11.6 Å². The standard InChI is InChI=1S/C27H20ClN3O2/c1-18-24-22(17-23(28)29-25(24)26(32)33)31(30-18)27(19-11-5-2-6-12-19,20-13-7-3-8-14-20)21-15-9-4-10-16-21/h2-17H,1H3,(H,32,33). The van der Waals surface area contributed by atoms with Crippen LogP contribution in [0.1, 0.15) is 32.9 Å². The molecular weight excluding hydrogens is 434 g/mol. The van der Waals surface area contributed by atoms with E-state index in [-0.39, 0.29) is 10.8 Å². The molecule has 0 bridgehead atoms. The number of nitrogens with zero attached hydrogens (tertiary/aromatic N) is 3. The number of hydrogen-bond acceptors (Lipinski definition) is 3. The van der Waals surface area contributed by atoms with Gasteiger partial charge < -0.3 is 5.11 Å². The Bertz CT molecular complexity index is 1350. The van der Waals surface area contributed by atoms with Crippen LogP contribution in [0.2, 0.25) is 5.15 Å². The predicted octanol–water partition coefficient (Wildman–Crippen LogP) is 5.93. The lowest BCUT2D eigenvalue weighted by molar-refractivity contribution is 0.0693. The minimum Gasteiger partial charge on any atom is -0.476 e. The van der Waals surface area contributed by atoms with Gasteiger partial charge in [0.25, 0.3) is 0 Å². The van der Waals surface area contributed by atoms with Crippen molar-refractivity contribution in [1.29, 1.82) is 0 Å². The molecule has 0 aliphatic rings. The van der Waals surface area contributed by atoms with Crippen LogP contribution in [0.15, 0.2) is 97.1 Å². The van der Waals surface area contributed by atoms with Crippen LogP contribution < -0.4 is 0 Å². The molecule has 0 atom stereocenters. The van der Waals surface area contributed by atoms with E-state index in [0.717, 1.165) is 16.7 Å². The predicted molar refractivity (Wildman–Crippen MR) is 129 cm³/mol. The minimum atomic E-state index is -1.14. The molecule has 0 saturated heterocycles. The molecule has 0 spiro atoms. The number of aromatic nitrogens is 3. The highest BCUT2D eigenvalue weighted by Gasteiger charge is 2.41. The summed E-state index contributed by atoms with van der Waals surface area (Å²) in [4.78, 5) is 16.1. The van der Waals surface area contributed by atoms with Crippen LogP contribution in [-0.2, 0) is 5.54 Å². The van der Waals surface area contributed by atoms with Crippen LogP contribution in [0.3, 0.4) is 0 Å². The number of carboxylic acid groups (broad SMARTS) is 1. The topological polar surface area (TPSA) is 68.0 Å². The number of aryl methyl sites for hydroxylation is 1. The second-order valence-electron chi connectivity index (χ2n) is 7.80. The van der Waals surface area contributed by atoms with Crippen molar-refractivity contribution in [2.24, 2.45) is 0 Å². The summed E-state index contributed by atoms with van der Waals surface area (Å²) in [6.07, 6.45) is 0. The summed E-state index contributed by atoms with van der Waals surface area (Å²) in [6, 6.07) is 31.9. The number of halogens is 1. The van der Waals surface area contributed by atoms with E-state index in [1.807, 2.05) is 59.3 Å². The van der Waals surface area contributed by atoms with E-state index in [9.17, 15) is 9.90 Å². The summed E-state index contributed by atoms with van der Waals surface area (Å²) >= 11 is 6.32. The van der Waals surface area contributed by atoms with Crippen molar-refractivity contribution in [3.05, 3.63) is 130 Å². The molecular formula is C27H20ClN3O2. The van der Waals surface area contributed by atoms with Crippen molar-refractivity contribution < 1.29 is 9.90 Å². The van der Waals surface area contributed by atoms with Gasteiger partial charge in [0.1, 0.15) is 10.7 Å². The van der Waals surface area contributed by atoms with E-state index in [4.69, 9.17) is 16.7 Å². The van der Waals surface area contributed by atoms with Crippen LogP contribution in [0.25, 0.3) is 10.9 Å². The first-order valence-electron chi connectivity index (χ1n) is 10.5. The van der Waals surface area contributed by atoms with Gasteiger partial charge in [-0.2, -0.15) is 5.10 Å². The van der Waals surface area contributed by atoms with E-state index in [1.165, 1.54) is 0 Å². The maximum Gasteiger partial charge on any atom is 0.355 e. The maximum atomic E-state index is 12.0. The van der Waals surface area contributed by atoms with Gasteiger partial charge in [-0.3, -0.25) is 0 Å². The number of pyridine rings is 1. The molecule has 5 rings (SSSR count). The van der Waals surface area contributed by atoms with E-state index < -0.39 is 11.5 Å². The zero-order valence-corrected chi connectivity index (χ0v) is 18.6. The maximum absolute atomic E-state index is 12.0. The molecule has 0 saturated carbocycles. The van der Waals surface area contributed by atoms with Crippen molar-refractivity contribution in [2.45, 2.75) is 12.5 Å². The fourth-order valence-electron chi connectivity index (χ4n) is 4.59. The molecule has 0 aliphatic heterocycles. The Morgan fingerprint density at radius 2 is 1.30 bits per heavy atom. The van der Waals surface area contributed by atoms with Gasteiger partial charge in [0, 0.05) is 6.07 Å². The molecule has 0 fully saturated rings. The van der Waals surface area contributed by atoms with Crippen molar-refractivity contribution >= 4 is 28.5 Å². The van der Waals surface area contributed by atoms with Gasteiger partial charge in [-0.25, -0.2) is 14.5 Å². The minimum absolute atomic E-state index is 0.101. The molecule has 162 valence electrons. The van der Waals surface area contributed by atoms with Gasteiger partial charge in [-0.05, 0) is 23.6 Å². The normalized spacial score (nSPS) is 11.6. The van der Waals surface area contributed by atoms with E-state index in [1.54, 1.807) is 13.0 Å². The molecule has 6 heteroatoms. The SMILES string of the molecule is Cc1nn(C(c2ccccc2)(c2ccccc2)c2ccccc2)c2cc(Cl)nc(C(=O)O)c12. The summed E-state index contributed by atoms with van der Waals surface area (Å²) in [5.41, 5.74) is 3.13. The molecule has 5 aromatic rings. The molecule has 1 N–H and O–H groups in total. The molecule has 2 aromatic heterocycles. The van der Waals surface area contributed by atoms with Crippen LogP contribution in [-0.4, -0.2) is 25.8 Å². The van der Waals surface area contributed by atoms with Crippen molar-refractivity contribution in [2.75, 3.05) is 0 Å². The third-order valence-electron chi connectivity index (χ3n) is 5.90. The molecule has 33 heavy (non-hydrogen) atoms. The molecule has 3 aromatic carbocycles. The number of rotatable bonds is 5. The number of fused-ring (bicyclic) bond motifs is 1. The van der Waals surface area contributed by atoms with Crippen molar-refractivity contribution in [1.82, 2.24) is 14.8 Å². The van der Waals surface area contributed by atoms with Crippen molar-refractivity contribution in [3.8, 4) is 0 Å². The fraction of sp³-hybridized carbons (Fsp3) is 0.0741. The first-order valence-corrected chi connectivity index (χ1v) is 10.9. The zero-order chi connectivity index (χ0) is 23.0. The van der Waals surface area contributed by atoms with Gasteiger partial charge in [-0.15, -0.1) is 0 Å². The molecule has 2 heterocycles. The van der Waals surface area contributed by atoms with E-state index >= 15 is 0 Å². The summed E-state index contributed by atoms with van der Waals surface area (Å²) in [5.74, 6) is -1.14. The number of benzene rings is 3. The molecule has 0 amide bonds. The second kappa shape index (κ2) is 8.19. The first kappa shape index (κ1) is 20.9. The van der Waals surface area contributed by atoms with Crippen LogP contribution in [0.5, 0.6) is 0 Å². The Morgan fingerprint density at radius 1 is 0.848 bits per heavy atom. The van der Waals surface area contributed by atoms with Gasteiger partial charge in [0.15, 0.2) is 5.69 Å². The summed E-state index contributed by atoms with van der Waals surface area (Å²) in [7, 11) is 0. The summed E-state index contributed by atoms with van der Waals surface area (Å²) in [6.45, 7) is 1.80. The Labute approximate surface area is 195 Å². The summed E-state index contributed by atoms with van der Waals surface area (Å²) in [5, 5.41) is 15.3. The zero-order valence-electron chi connectivity index (χ0n) is 17.8. The highest BCUT2D eigenvalue weighted by Crippen LogP contribution is 2.43. The second-order valence-corrected chi connectivity index (χ2v) is 8.19. The Hall–Kier alpha value is -3.96. The van der Waals surface area contributed by atoms with Gasteiger partial charge >= 0.3 is 5.97 Å². The highest BCUT2D eigenvalue weighted by molar-refractivity contribution is 6.30. The molecule has 0 radical (unpaired) electrons. The molecule has 0 unspecified atom stereocenters. The summed E-state index contributed by atoms with van der Waals surface area (Å²) < 4.78 is 1.89. The first-order chi connectivity index (χ1) is 16.0. The average molecular weight is 454 g/mol. The van der Waals surface area contributed by atoms with E-state index in [0.29, 0.717) is 16.6 Å². The smallest absolute Gasteiger partial charge is 0.355 e. The Morgan fingerprint density at radius 3 is 1.73 bits per heavy atom.